The summed E-state index contributed by atoms with van der Waals surface area (Å²) in [6.45, 7) is 5.42. The van der Waals surface area contributed by atoms with Crippen molar-refractivity contribution in [2.45, 2.75) is 20.3 Å². The number of rotatable bonds is 7. The topological polar surface area (TPSA) is 93.0 Å². The fourth-order valence-corrected chi connectivity index (χ4v) is 2.97. The van der Waals surface area contributed by atoms with Gasteiger partial charge in [0.2, 0.25) is 0 Å². The van der Waals surface area contributed by atoms with Gasteiger partial charge in [0.1, 0.15) is 11.6 Å². The van der Waals surface area contributed by atoms with Crippen LogP contribution in [0.4, 0.5) is 0 Å². The Labute approximate surface area is 163 Å². The first kappa shape index (κ1) is 19.2. The lowest BCUT2D eigenvalue weighted by atomic mass is 10.1. The summed E-state index contributed by atoms with van der Waals surface area (Å²) in [4.78, 5) is 20.2. The van der Waals surface area contributed by atoms with Gasteiger partial charge in [-0.25, -0.2) is 4.98 Å². The third-order valence-corrected chi connectivity index (χ3v) is 4.63. The molecule has 0 aliphatic carbocycles. The number of nitrogens with two attached hydrogens (primary N) is 1. The largest absolute Gasteiger partial charge is 0.493 e. The summed E-state index contributed by atoms with van der Waals surface area (Å²) in [5.74, 6) is 1.12. The first-order chi connectivity index (χ1) is 13.0. The van der Waals surface area contributed by atoms with E-state index < -0.39 is 0 Å². The van der Waals surface area contributed by atoms with Crippen molar-refractivity contribution < 1.29 is 9.53 Å². The molecule has 1 amide bonds. The number of H-pyrrole nitrogens is 1. The van der Waals surface area contributed by atoms with Crippen LogP contribution in [-0.2, 0) is 0 Å². The minimum Gasteiger partial charge on any atom is -0.493 e. The number of hydrogen-bond donors (Lipinski definition) is 3. The number of carbonyl (C=O) groups excluding carboxylic acids is 1. The van der Waals surface area contributed by atoms with Gasteiger partial charge < -0.3 is 20.8 Å². The summed E-state index contributed by atoms with van der Waals surface area (Å²) in [5, 5.41) is 3.53. The first-order valence-corrected chi connectivity index (χ1v) is 9.32. The Morgan fingerprint density at radius 1 is 1.33 bits per heavy atom. The van der Waals surface area contributed by atoms with Crippen LogP contribution < -0.4 is 15.8 Å². The Hall–Kier alpha value is -2.57. The highest BCUT2D eigenvalue weighted by Gasteiger charge is 2.15. The summed E-state index contributed by atoms with van der Waals surface area (Å²) in [5.41, 5.74) is 9.46. The molecule has 4 N–H and O–H groups in total. The molecule has 0 spiro atoms. The van der Waals surface area contributed by atoms with Crippen molar-refractivity contribution in [3.05, 3.63) is 46.5 Å². The molecule has 1 heterocycles. The summed E-state index contributed by atoms with van der Waals surface area (Å²) in [7, 11) is 0. The molecule has 0 atom stereocenters. The molecule has 6 nitrogen and oxygen atoms in total. The van der Waals surface area contributed by atoms with E-state index in [4.69, 9.17) is 22.1 Å². The van der Waals surface area contributed by atoms with Crippen molar-refractivity contribution in [2.24, 2.45) is 5.73 Å². The molecule has 1 aromatic heterocycles. The number of aryl methyl sites for hydroxylation is 1. The Kier molecular flexibility index (Phi) is 5.98. The summed E-state index contributed by atoms with van der Waals surface area (Å²) in [6, 6.07) is 9.15. The molecular formula is C20H23ClN4O2. The van der Waals surface area contributed by atoms with Gasteiger partial charge in [0, 0.05) is 17.1 Å². The van der Waals surface area contributed by atoms with E-state index in [2.05, 4.69) is 15.3 Å². The van der Waals surface area contributed by atoms with Crippen LogP contribution in [0.25, 0.3) is 22.4 Å². The van der Waals surface area contributed by atoms with Gasteiger partial charge in [-0.3, -0.25) is 4.79 Å². The van der Waals surface area contributed by atoms with Crippen molar-refractivity contribution in [1.29, 1.82) is 0 Å². The molecule has 3 rings (SSSR count). The Balaban J connectivity index is 1.96. The predicted molar refractivity (Wildman–Crippen MR) is 108 cm³/mol. The molecule has 0 radical (unpaired) electrons. The molecule has 0 saturated heterocycles. The summed E-state index contributed by atoms with van der Waals surface area (Å²) < 4.78 is 5.77. The minimum absolute atomic E-state index is 0.150. The van der Waals surface area contributed by atoms with Crippen LogP contribution in [0.1, 0.15) is 29.3 Å². The van der Waals surface area contributed by atoms with Gasteiger partial charge in [0.25, 0.3) is 5.91 Å². The number of ether oxygens (including phenoxy) is 1. The lowest BCUT2D eigenvalue weighted by molar-refractivity contribution is 0.0953. The average molecular weight is 387 g/mol. The number of aromatic nitrogens is 2. The van der Waals surface area contributed by atoms with Crippen LogP contribution in [0.15, 0.2) is 30.3 Å². The Morgan fingerprint density at radius 3 is 2.89 bits per heavy atom. The smallest absolute Gasteiger partial charge is 0.251 e. The van der Waals surface area contributed by atoms with Gasteiger partial charge in [-0.1, -0.05) is 11.6 Å². The van der Waals surface area contributed by atoms with E-state index in [9.17, 15) is 4.79 Å². The van der Waals surface area contributed by atoms with Crippen LogP contribution in [-0.4, -0.2) is 35.6 Å². The number of aromatic amines is 1. The van der Waals surface area contributed by atoms with Crippen molar-refractivity contribution in [2.75, 3.05) is 19.7 Å². The van der Waals surface area contributed by atoms with E-state index in [1.807, 2.05) is 32.0 Å². The number of halogens is 1. The lowest BCUT2D eigenvalue weighted by Gasteiger charge is -2.11. The van der Waals surface area contributed by atoms with Gasteiger partial charge in [0.05, 0.1) is 23.2 Å². The number of carbonyl (C=O) groups is 1. The third-order valence-electron chi connectivity index (χ3n) is 4.23. The zero-order valence-electron chi connectivity index (χ0n) is 15.4. The van der Waals surface area contributed by atoms with Crippen molar-refractivity contribution >= 4 is 28.5 Å². The Bertz CT molecular complexity index is 929. The average Bonchev–Trinajstić information content (AvgIpc) is 3.05. The van der Waals surface area contributed by atoms with Crippen molar-refractivity contribution in [1.82, 2.24) is 15.3 Å². The monoisotopic (exact) mass is 386 g/mol. The zero-order chi connectivity index (χ0) is 19.4. The highest BCUT2D eigenvalue weighted by Crippen LogP contribution is 2.32. The van der Waals surface area contributed by atoms with Gasteiger partial charge >= 0.3 is 0 Å². The minimum atomic E-state index is -0.150. The molecule has 0 bridgehead atoms. The highest BCUT2D eigenvalue weighted by atomic mass is 35.5. The van der Waals surface area contributed by atoms with Gasteiger partial charge in [-0.2, -0.15) is 0 Å². The van der Waals surface area contributed by atoms with E-state index in [1.54, 1.807) is 12.1 Å². The maximum absolute atomic E-state index is 12.3. The maximum Gasteiger partial charge on any atom is 0.251 e. The molecule has 7 heteroatoms. The second kappa shape index (κ2) is 8.41. The number of benzene rings is 2. The number of nitrogens with zero attached hydrogens (tertiary/aromatic N) is 1. The van der Waals surface area contributed by atoms with E-state index in [0.29, 0.717) is 41.9 Å². The number of fused-ring (bicyclic) bond motifs is 1. The lowest BCUT2D eigenvalue weighted by Crippen LogP contribution is -2.25. The second-order valence-corrected chi connectivity index (χ2v) is 6.65. The summed E-state index contributed by atoms with van der Waals surface area (Å²) >= 11 is 6.20. The standard InChI is InChI=1S/C20H23ClN4O2/c1-3-27-18-10-13(20(26)23-8-4-7-22)5-6-14(18)19-24-16-9-12(2)15(21)11-17(16)25-19/h5-6,9-11H,3-4,7-8,22H2,1-2H3,(H,23,26)(H,24,25). The molecule has 142 valence electrons. The molecule has 0 saturated carbocycles. The summed E-state index contributed by atoms with van der Waals surface area (Å²) in [6.07, 6.45) is 0.739. The SMILES string of the molecule is CCOc1cc(C(=O)NCCCN)ccc1-c1nc2cc(Cl)c(C)cc2[nH]1. The fraction of sp³-hybridized carbons (Fsp3) is 0.300. The molecule has 0 fully saturated rings. The van der Waals surface area contributed by atoms with Crippen molar-refractivity contribution in [3.8, 4) is 17.1 Å². The highest BCUT2D eigenvalue weighted by molar-refractivity contribution is 6.32. The first-order valence-electron chi connectivity index (χ1n) is 8.94. The molecular weight excluding hydrogens is 364 g/mol. The number of hydrogen-bond acceptors (Lipinski definition) is 4. The van der Waals surface area contributed by atoms with E-state index in [-0.39, 0.29) is 5.91 Å². The molecule has 0 aliphatic rings. The van der Waals surface area contributed by atoms with E-state index in [1.165, 1.54) is 0 Å². The van der Waals surface area contributed by atoms with Gasteiger partial charge in [-0.15, -0.1) is 0 Å². The third kappa shape index (κ3) is 4.23. The molecule has 27 heavy (non-hydrogen) atoms. The fourth-order valence-electron chi connectivity index (χ4n) is 2.81. The Morgan fingerprint density at radius 2 is 2.15 bits per heavy atom. The number of imidazole rings is 1. The molecule has 3 aromatic rings. The second-order valence-electron chi connectivity index (χ2n) is 6.25. The normalized spacial score (nSPS) is 11.0. The quantitative estimate of drug-likeness (QED) is 0.540. The van der Waals surface area contributed by atoms with Gasteiger partial charge in [-0.05, 0) is 62.7 Å². The maximum atomic E-state index is 12.3. The van der Waals surface area contributed by atoms with Crippen LogP contribution in [0.3, 0.4) is 0 Å². The van der Waals surface area contributed by atoms with Crippen LogP contribution in [0.2, 0.25) is 5.02 Å². The number of nitrogens with one attached hydrogen (secondary N) is 2. The molecule has 0 aliphatic heterocycles. The van der Waals surface area contributed by atoms with E-state index in [0.717, 1.165) is 28.6 Å². The predicted octanol–water partition coefficient (Wildman–Crippen LogP) is 3.67. The molecule has 0 unspecified atom stereocenters. The molecule has 2 aromatic carbocycles. The van der Waals surface area contributed by atoms with Crippen molar-refractivity contribution in [3.63, 3.8) is 0 Å². The van der Waals surface area contributed by atoms with Gasteiger partial charge in [0.15, 0.2) is 0 Å². The number of amides is 1. The van der Waals surface area contributed by atoms with Crippen LogP contribution in [0.5, 0.6) is 5.75 Å². The zero-order valence-corrected chi connectivity index (χ0v) is 16.2. The van der Waals surface area contributed by atoms with E-state index >= 15 is 0 Å². The van der Waals surface area contributed by atoms with Crippen LogP contribution in [0, 0.1) is 6.92 Å². The van der Waals surface area contributed by atoms with Crippen LogP contribution >= 0.6 is 11.6 Å².